The highest BCUT2D eigenvalue weighted by Gasteiger charge is 2.28. The molecule has 2 aromatic heterocycles. The van der Waals surface area contributed by atoms with Crippen LogP contribution in [0, 0.1) is 6.92 Å². The molecule has 0 aliphatic heterocycles. The van der Waals surface area contributed by atoms with Crippen molar-refractivity contribution in [3.05, 3.63) is 35.5 Å². The maximum Gasteiger partial charge on any atom is 0.147 e. The van der Waals surface area contributed by atoms with Gasteiger partial charge in [-0.2, -0.15) is 0 Å². The number of nitrogens with two attached hydrogens (primary N) is 1. The standard InChI is InChI=1S/C13H16N4OS/c1-8-11(17-14)15-12(9-4-5-9)16-13(8)19-7-10-3-2-6-18-10/h2-3,6,9H,4-5,7,14H2,1H3,(H,15,16,17). The predicted molar refractivity (Wildman–Crippen MR) is 74.8 cm³/mol. The third-order valence-corrected chi connectivity index (χ3v) is 4.23. The summed E-state index contributed by atoms with van der Waals surface area (Å²) in [4.78, 5) is 9.13. The van der Waals surface area contributed by atoms with E-state index in [1.807, 2.05) is 19.1 Å². The molecule has 1 saturated carbocycles. The van der Waals surface area contributed by atoms with Crippen molar-refractivity contribution in [2.75, 3.05) is 5.43 Å². The molecule has 0 saturated heterocycles. The Hall–Kier alpha value is -1.53. The third-order valence-electron chi connectivity index (χ3n) is 3.13. The van der Waals surface area contributed by atoms with Crippen LogP contribution in [0.1, 0.15) is 35.9 Å². The molecule has 19 heavy (non-hydrogen) atoms. The Balaban J connectivity index is 1.83. The van der Waals surface area contributed by atoms with Crippen LogP contribution >= 0.6 is 11.8 Å². The highest BCUT2D eigenvalue weighted by Crippen LogP contribution is 2.40. The van der Waals surface area contributed by atoms with Crippen molar-refractivity contribution in [3.63, 3.8) is 0 Å². The fourth-order valence-corrected chi connectivity index (χ4v) is 2.77. The fraction of sp³-hybridized carbons (Fsp3) is 0.385. The summed E-state index contributed by atoms with van der Waals surface area (Å²) in [6.45, 7) is 1.98. The molecular formula is C13H16N4OS. The van der Waals surface area contributed by atoms with Gasteiger partial charge in [-0.3, -0.25) is 0 Å². The van der Waals surface area contributed by atoms with Gasteiger partial charge in [0.2, 0.25) is 0 Å². The van der Waals surface area contributed by atoms with E-state index in [2.05, 4.69) is 15.4 Å². The quantitative estimate of drug-likeness (QED) is 0.378. The molecule has 0 unspecified atom stereocenters. The van der Waals surface area contributed by atoms with Gasteiger partial charge in [0.25, 0.3) is 0 Å². The van der Waals surface area contributed by atoms with Gasteiger partial charge >= 0.3 is 0 Å². The van der Waals surface area contributed by atoms with Gasteiger partial charge in [-0.05, 0) is 31.9 Å². The Kier molecular flexibility index (Phi) is 3.44. The van der Waals surface area contributed by atoms with E-state index in [4.69, 9.17) is 10.3 Å². The molecule has 0 amide bonds. The number of nitrogens with one attached hydrogen (secondary N) is 1. The van der Waals surface area contributed by atoms with Crippen LogP contribution in [0.2, 0.25) is 0 Å². The average molecular weight is 276 g/mol. The van der Waals surface area contributed by atoms with Crippen LogP contribution in [-0.2, 0) is 5.75 Å². The van der Waals surface area contributed by atoms with Crippen LogP contribution in [-0.4, -0.2) is 9.97 Å². The fourth-order valence-electron chi connectivity index (χ4n) is 1.85. The Morgan fingerprint density at radius 1 is 1.47 bits per heavy atom. The number of thioether (sulfide) groups is 1. The van der Waals surface area contributed by atoms with Crippen LogP contribution in [0.3, 0.4) is 0 Å². The Morgan fingerprint density at radius 3 is 2.95 bits per heavy atom. The normalized spacial score (nSPS) is 14.6. The van der Waals surface area contributed by atoms with Gasteiger partial charge in [0.15, 0.2) is 0 Å². The zero-order chi connectivity index (χ0) is 13.2. The lowest BCUT2D eigenvalue weighted by Gasteiger charge is -2.10. The zero-order valence-corrected chi connectivity index (χ0v) is 11.5. The molecular weight excluding hydrogens is 260 g/mol. The van der Waals surface area contributed by atoms with E-state index >= 15 is 0 Å². The van der Waals surface area contributed by atoms with E-state index in [0.29, 0.717) is 5.92 Å². The minimum atomic E-state index is 0.510. The second-order valence-corrected chi connectivity index (χ2v) is 5.61. The van der Waals surface area contributed by atoms with E-state index in [1.54, 1.807) is 18.0 Å². The van der Waals surface area contributed by atoms with Crippen LogP contribution in [0.25, 0.3) is 0 Å². The van der Waals surface area contributed by atoms with Gasteiger partial charge < -0.3 is 9.84 Å². The van der Waals surface area contributed by atoms with Gasteiger partial charge in [-0.15, -0.1) is 0 Å². The second-order valence-electron chi connectivity index (χ2n) is 4.65. The molecule has 2 heterocycles. The van der Waals surface area contributed by atoms with Crippen LogP contribution in [0.5, 0.6) is 0 Å². The molecule has 6 heteroatoms. The smallest absolute Gasteiger partial charge is 0.147 e. The van der Waals surface area contributed by atoms with Crippen molar-refractivity contribution in [1.29, 1.82) is 0 Å². The van der Waals surface area contributed by atoms with Crippen LogP contribution in [0.15, 0.2) is 27.8 Å². The molecule has 1 fully saturated rings. The van der Waals surface area contributed by atoms with Crippen molar-refractivity contribution in [3.8, 4) is 0 Å². The molecule has 0 bridgehead atoms. The number of hydrogen-bond donors (Lipinski definition) is 2. The van der Waals surface area contributed by atoms with E-state index in [1.165, 1.54) is 12.8 Å². The second kappa shape index (κ2) is 5.22. The van der Waals surface area contributed by atoms with E-state index in [9.17, 15) is 0 Å². The van der Waals surface area contributed by atoms with Crippen molar-refractivity contribution in [1.82, 2.24) is 9.97 Å². The van der Waals surface area contributed by atoms with Gasteiger partial charge in [0, 0.05) is 11.5 Å². The summed E-state index contributed by atoms with van der Waals surface area (Å²) in [5.41, 5.74) is 3.65. The van der Waals surface area contributed by atoms with Crippen molar-refractivity contribution >= 4 is 17.6 Å². The molecule has 0 aromatic carbocycles. The number of anilines is 1. The first-order valence-electron chi connectivity index (χ1n) is 6.28. The summed E-state index contributed by atoms with van der Waals surface area (Å²) in [7, 11) is 0. The van der Waals surface area contributed by atoms with Gasteiger partial charge in [0.05, 0.1) is 12.0 Å². The van der Waals surface area contributed by atoms with Crippen molar-refractivity contribution < 1.29 is 4.42 Å². The van der Waals surface area contributed by atoms with Gasteiger partial charge in [0.1, 0.15) is 22.4 Å². The first-order chi connectivity index (χ1) is 9.28. The molecule has 0 spiro atoms. The lowest BCUT2D eigenvalue weighted by atomic mass is 10.3. The Bertz CT molecular complexity index is 566. The van der Waals surface area contributed by atoms with Gasteiger partial charge in [-0.1, -0.05) is 11.8 Å². The van der Waals surface area contributed by atoms with E-state index in [-0.39, 0.29) is 0 Å². The average Bonchev–Trinajstić information content (AvgIpc) is 3.14. The molecule has 1 aliphatic rings. The predicted octanol–water partition coefficient (Wildman–Crippen LogP) is 2.83. The third kappa shape index (κ3) is 2.74. The number of furan rings is 1. The maximum atomic E-state index is 5.53. The number of hydrogen-bond acceptors (Lipinski definition) is 6. The molecule has 2 aromatic rings. The molecule has 5 nitrogen and oxygen atoms in total. The van der Waals surface area contributed by atoms with Crippen LogP contribution in [0.4, 0.5) is 5.82 Å². The number of hydrazine groups is 1. The van der Waals surface area contributed by atoms with E-state index < -0.39 is 0 Å². The summed E-state index contributed by atoms with van der Waals surface area (Å²) < 4.78 is 5.34. The largest absolute Gasteiger partial charge is 0.468 e. The minimum absolute atomic E-state index is 0.510. The van der Waals surface area contributed by atoms with Crippen molar-refractivity contribution in [2.24, 2.45) is 5.84 Å². The summed E-state index contributed by atoms with van der Waals surface area (Å²) in [5.74, 6) is 9.37. The highest BCUT2D eigenvalue weighted by atomic mass is 32.2. The monoisotopic (exact) mass is 276 g/mol. The van der Waals surface area contributed by atoms with E-state index in [0.717, 1.165) is 33.7 Å². The minimum Gasteiger partial charge on any atom is -0.468 e. The lowest BCUT2D eigenvalue weighted by molar-refractivity contribution is 0.530. The van der Waals surface area contributed by atoms with Crippen molar-refractivity contribution in [2.45, 2.75) is 36.5 Å². The topological polar surface area (TPSA) is 77.0 Å². The molecule has 0 radical (unpaired) electrons. The Labute approximate surface area is 116 Å². The summed E-state index contributed by atoms with van der Waals surface area (Å²) in [6, 6.07) is 3.86. The lowest BCUT2D eigenvalue weighted by Crippen LogP contribution is -2.13. The Morgan fingerprint density at radius 2 is 2.32 bits per heavy atom. The first-order valence-corrected chi connectivity index (χ1v) is 7.27. The molecule has 3 N–H and O–H groups in total. The summed E-state index contributed by atoms with van der Waals surface area (Å²) in [6.07, 6.45) is 4.04. The first kappa shape index (κ1) is 12.5. The molecule has 3 rings (SSSR count). The summed E-state index contributed by atoms with van der Waals surface area (Å²) in [5, 5.41) is 0.973. The van der Waals surface area contributed by atoms with Gasteiger partial charge in [-0.25, -0.2) is 15.8 Å². The summed E-state index contributed by atoms with van der Waals surface area (Å²) >= 11 is 1.65. The number of nitrogens with zero attached hydrogens (tertiary/aromatic N) is 2. The highest BCUT2D eigenvalue weighted by molar-refractivity contribution is 7.98. The maximum absolute atomic E-state index is 5.53. The zero-order valence-electron chi connectivity index (χ0n) is 10.7. The molecule has 0 atom stereocenters. The SMILES string of the molecule is Cc1c(NN)nc(C2CC2)nc1SCc1ccco1. The molecule has 1 aliphatic carbocycles. The number of rotatable bonds is 5. The number of aromatic nitrogens is 2. The van der Waals surface area contributed by atoms with Crippen LogP contribution < -0.4 is 11.3 Å². The molecule has 100 valence electrons. The number of nitrogen functional groups attached to an aromatic ring is 1.